The lowest BCUT2D eigenvalue weighted by Gasteiger charge is -2.32. The van der Waals surface area contributed by atoms with Crippen LogP contribution in [0.15, 0.2) is 48.5 Å². The minimum absolute atomic E-state index is 0.721. The number of nitrogens with one attached hydrogen (secondary N) is 1. The van der Waals surface area contributed by atoms with E-state index in [2.05, 4.69) is 53.5 Å². The molecule has 0 atom stereocenters. The zero-order chi connectivity index (χ0) is 12.5. The first-order valence-corrected chi connectivity index (χ1v) is 6.38. The number of anilines is 2. The van der Waals surface area contributed by atoms with Gasteiger partial charge in [-0.2, -0.15) is 0 Å². The molecule has 1 N–H and O–H groups in total. The van der Waals surface area contributed by atoms with Gasteiger partial charge in [-0.25, -0.2) is 0 Å². The van der Waals surface area contributed by atoms with Gasteiger partial charge in [-0.05, 0) is 31.2 Å². The van der Waals surface area contributed by atoms with Crippen molar-refractivity contribution >= 4 is 28.6 Å². The van der Waals surface area contributed by atoms with E-state index in [1.54, 1.807) is 0 Å². The molecule has 18 heavy (non-hydrogen) atoms. The number of para-hydroxylation sites is 1. The van der Waals surface area contributed by atoms with Crippen LogP contribution in [0.25, 0.3) is 0 Å². The van der Waals surface area contributed by atoms with Crippen molar-refractivity contribution in [3.05, 3.63) is 59.7 Å². The summed E-state index contributed by atoms with van der Waals surface area (Å²) in [7, 11) is 0. The van der Waals surface area contributed by atoms with Crippen LogP contribution >= 0.6 is 12.2 Å². The van der Waals surface area contributed by atoms with Crippen molar-refractivity contribution < 1.29 is 0 Å². The van der Waals surface area contributed by atoms with E-state index in [1.165, 1.54) is 16.9 Å². The fourth-order valence-electron chi connectivity index (χ4n) is 2.19. The van der Waals surface area contributed by atoms with Crippen molar-refractivity contribution in [3.8, 4) is 0 Å². The van der Waals surface area contributed by atoms with Gasteiger partial charge < -0.3 is 10.2 Å². The Morgan fingerprint density at radius 1 is 1.06 bits per heavy atom. The van der Waals surface area contributed by atoms with Crippen molar-refractivity contribution in [2.24, 2.45) is 0 Å². The molecule has 3 rings (SSSR count). The van der Waals surface area contributed by atoms with Gasteiger partial charge in [0, 0.05) is 11.3 Å². The van der Waals surface area contributed by atoms with Gasteiger partial charge in [-0.3, -0.25) is 0 Å². The second-order valence-electron chi connectivity index (χ2n) is 4.44. The molecule has 0 spiro atoms. The van der Waals surface area contributed by atoms with Gasteiger partial charge in [0.05, 0.1) is 12.4 Å². The average Bonchev–Trinajstić information content (AvgIpc) is 2.41. The molecule has 0 bridgehead atoms. The summed E-state index contributed by atoms with van der Waals surface area (Å²) in [5.41, 5.74) is 4.72. The van der Waals surface area contributed by atoms with Crippen LogP contribution in [0.1, 0.15) is 11.1 Å². The predicted molar refractivity (Wildman–Crippen MR) is 79.5 cm³/mol. The van der Waals surface area contributed by atoms with Crippen LogP contribution in [0, 0.1) is 6.92 Å². The van der Waals surface area contributed by atoms with Crippen LogP contribution in [-0.4, -0.2) is 11.7 Å². The van der Waals surface area contributed by atoms with Gasteiger partial charge in [0.1, 0.15) is 4.99 Å². The van der Waals surface area contributed by atoms with Crippen LogP contribution in [0.4, 0.5) is 11.4 Å². The maximum atomic E-state index is 5.35. The number of fused-ring (bicyclic) bond motifs is 1. The first-order valence-electron chi connectivity index (χ1n) is 5.97. The molecule has 2 nitrogen and oxygen atoms in total. The normalized spacial score (nSPS) is 14.1. The molecule has 2 aromatic carbocycles. The van der Waals surface area contributed by atoms with E-state index in [4.69, 9.17) is 12.2 Å². The molecule has 90 valence electrons. The summed E-state index contributed by atoms with van der Waals surface area (Å²) in [5.74, 6) is 0. The summed E-state index contributed by atoms with van der Waals surface area (Å²) in [6, 6.07) is 16.8. The van der Waals surface area contributed by atoms with E-state index in [0.29, 0.717) is 0 Å². The van der Waals surface area contributed by atoms with Crippen molar-refractivity contribution in [3.63, 3.8) is 0 Å². The monoisotopic (exact) mass is 254 g/mol. The fourth-order valence-corrected chi connectivity index (χ4v) is 2.42. The second kappa shape index (κ2) is 4.42. The van der Waals surface area contributed by atoms with Crippen molar-refractivity contribution in [2.45, 2.75) is 6.92 Å². The van der Waals surface area contributed by atoms with Gasteiger partial charge in [0.2, 0.25) is 0 Å². The second-order valence-corrected chi connectivity index (χ2v) is 4.85. The Morgan fingerprint density at radius 3 is 2.56 bits per heavy atom. The van der Waals surface area contributed by atoms with Gasteiger partial charge in [0.25, 0.3) is 0 Å². The fraction of sp³-hybridized carbons (Fsp3) is 0.133. The van der Waals surface area contributed by atoms with Crippen LogP contribution in [-0.2, 0) is 0 Å². The zero-order valence-electron chi connectivity index (χ0n) is 10.2. The summed E-state index contributed by atoms with van der Waals surface area (Å²) in [5, 5.41) is 3.26. The predicted octanol–water partition coefficient (Wildman–Crippen LogP) is 3.37. The third-order valence-electron chi connectivity index (χ3n) is 3.18. The third kappa shape index (κ3) is 1.87. The first kappa shape index (κ1) is 11.2. The lowest BCUT2D eigenvalue weighted by molar-refractivity contribution is 0.866. The minimum Gasteiger partial charge on any atom is -0.358 e. The molecule has 3 heteroatoms. The maximum Gasteiger partial charge on any atom is 0.110 e. The van der Waals surface area contributed by atoms with Crippen LogP contribution in [0.3, 0.4) is 0 Å². The highest BCUT2D eigenvalue weighted by atomic mass is 32.1. The summed E-state index contributed by atoms with van der Waals surface area (Å²) in [6.07, 6.45) is 0. The number of benzene rings is 2. The SMILES string of the molecule is Cc1ccc(N2CNC(=S)c3ccccc32)cc1. The molecule has 0 unspecified atom stereocenters. The molecular weight excluding hydrogens is 240 g/mol. The topological polar surface area (TPSA) is 15.3 Å². The highest BCUT2D eigenvalue weighted by molar-refractivity contribution is 7.80. The van der Waals surface area contributed by atoms with Crippen LogP contribution in [0.5, 0.6) is 0 Å². The Labute approximate surface area is 112 Å². The Balaban J connectivity index is 2.07. The summed E-state index contributed by atoms with van der Waals surface area (Å²) >= 11 is 5.35. The molecule has 1 aliphatic heterocycles. The smallest absolute Gasteiger partial charge is 0.110 e. The average molecular weight is 254 g/mol. The summed E-state index contributed by atoms with van der Waals surface area (Å²) < 4.78 is 0. The molecule has 0 saturated carbocycles. The van der Waals surface area contributed by atoms with E-state index in [0.717, 1.165) is 17.2 Å². The quantitative estimate of drug-likeness (QED) is 0.785. The molecule has 2 aromatic rings. The molecule has 0 aromatic heterocycles. The zero-order valence-corrected chi connectivity index (χ0v) is 11.0. The van der Waals surface area contributed by atoms with E-state index in [1.807, 2.05) is 12.1 Å². The third-order valence-corrected chi connectivity index (χ3v) is 3.55. The van der Waals surface area contributed by atoms with E-state index < -0.39 is 0 Å². The van der Waals surface area contributed by atoms with Crippen molar-refractivity contribution in [1.82, 2.24) is 5.32 Å². The minimum atomic E-state index is 0.721. The number of hydrogen-bond donors (Lipinski definition) is 1. The van der Waals surface area contributed by atoms with Gasteiger partial charge in [-0.1, -0.05) is 42.0 Å². The van der Waals surface area contributed by atoms with Crippen LogP contribution < -0.4 is 10.2 Å². The molecule has 1 aliphatic rings. The van der Waals surface area contributed by atoms with Crippen LogP contribution in [0.2, 0.25) is 0 Å². The Morgan fingerprint density at radius 2 is 1.78 bits per heavy atom. The Hall–Kier alpha value is -1.87. The number of nitrogens with zero attached hydrogens (tertiary/aromatic N) is 1. The molecule has 0 radical (unpaired) electrons. The molecule has 0 saturated heterocycles. The highest BCUT2D eigenvalue weighted by Gasteiger charge is 2.20. The highest BCUT2D eigenvalue weighted by Crippen LogP contribution is 2.30. The van der Waals surface area contributed by atoms with E-state index >= 15 is 0 Å². The van der Waals surface area contributed by atoms with Gasteiger partial charge >= 0.3 is 0 Å². The Kier molecular flexibility index (Phi) is 2.76. The first-order chi connectivity index (χ1) is 8.75. The molecule has 0 amide bonds. The molecule has 1 heterocycles. The van der Waals surface area contributed by atoms with E-state index in [9.17, 15) is 0 Å². The standard InChI is InChI=1S/C15H14N2S/c1-11-6-8-12(9-7-11)17-10-16-15(18)13-4-2-3-5-14(13)17/h2-9H,10H2,1H3,(H,16,18). The summed E-state index contributed by atoms with van der Waals surface area (Å²) in [6.45, 7) is 2.82. The van der Waals surface area contributed by atoms with Crippen molar-refractivity contribution in [1.29, 1.82) is 0 Å². The molecule has 0 fully saturated rings. The number of hydrogen-bond acceptors (Lipinski definition) is 2. The van der Waals surface area contributed by atoms with E-state index in [-0.39, 0.29) is 0 Å². The largest absolute Gasteiger partial charge is 0.358 e. The molecular formula is C15H14N2S. The summed E-state index contributed by atoms with van der Waals surface area (Å²) in [4.78, 5) is 3.07. The van der Waals surface area contributed by atoms with Gasteiger partial charge in [-0.15, -0.1) is 0 Å². The lowest BCUT2D eigenvalue weighted by Crippen LogP contribution is -2.40. The van der Waals surface area contributed by atoms with Gasteiger partial charge in [0.15, 0.2) is 0 Å². The number of rotatable bonds is 1. The lowest BCUT2D eigenvalue weighted by atomic mass is 10.1. The van der Waals surface area contributed by atoms with Crippen molar-refractivity contribution in [2.75, 3.05) is 11.6 Å². The number of aryl methyl sites for hydroxylation is 1. The number of thiocarbonyl (C=S) groups is 1. The maximum absolute atomic E-state index is 5.35. The molecule has 0 aliphatic carbocycles. The Bertz CT molecular complexity index is 590.